The van der Waals surface area contributed by atoms with E-state index in [2.05, 4.69) is 33.9 Å². The van der Waals surface area contributed by atoms with Gasteiger partial charge in [-0.2, -0.15) is 4.98 Å². The standard InChI is InChI=1S/C21H18FN3OS2/c1-2-25(18-6-4-3-5-7-18)21-24-20(27-28-21)23-13-19-12-16(14-26-19)15-8-10-17(22)11-9-15/h3-12,14H,2,13H2,1H3. The molecular formula is C21H18FN3OS2. The maximum absolute atomic E-state index is 13.1. The molecule has 2 aromatic heterocycles. The van der Waals surface area contributed by atoms with Gasteiger partial charge in [0.15, 0.2) is 0 Å². The van der Waals surface area contributed by atoms with Crippen LogP contribution in [0.5, 0.6) is 0 Å². The van der Waals surface area contributed by atoms with Crippen LogP contribution in [0.4, 0.5) is 15.2 Å². The van der Waals surface area contributed by atoms with Crippen LogP contribution in [0.1, 0.15) is 12.7 Å². The third kappa shape index (κ3) is 4.21. The second-order valence-corrected chi connectivity index (χ2v) is 8.11. The Morgan fingerprint density at radius 1 is 1.04 bits per heavy atom. The van der Waals surface area contributed by atoms with Gasteiger partial charge in [0.05, 0.1) is 6.26 Å². The van der Waals surface area contributed by atoms with E-state index >= 15 is 0 Å². The summed E-state index contributed by atoms with van der Waals surface area (Å²) in [5.74, 6) is 0.497. The SMILES string of the molecule is CCN(c1ccccc1)c1nc(=NCc2cc(-c3ccc(F)cc3)co2)ss1. The van der Waals surface area contributed by atoms with Gasteiger partial charge in [-0.15, -0.1) is 0 Å². The Hall–Kier alpha value is -2.77. The van der Waals surface area contributed by atoms with Crippen LogP contribution in [0.25, 0.3) is 11.1 Å². The number of nitrogens with zero attached hydrogens (tertiary/aromatic N) is 3. The molecule has 0 fully saturated rings. The molecule has 0 saturated heterocycles. The Bertz CT molecular complexity index is 1100. The highest BCUT2D eigenvalue weighted by atomic mass is 32.9. The smallest absolute Gasteiger partial charge is 0.217 e. The largest absolute Gasteiger partial charge is 0.467 e. The fourth-order valence-electron chi connectivity index (χ4n) is 2.80. The molecule has 4 nitrogen and oxygen atoms in total. The molecule has 0 radical (unpaired) electrons. The topological polar surface area (TPSA) is 41.6 Å². The summed E-state index contributed by atoms with van der Waals surface area (Å²) in [6, 6.07) is 18.5. The number of para-hydroxylation sites is 1. The lowest BCUT2D eigenvalue weighted by Gasteiger charge is -2.18. The van der Waals surface area contributed by atoms with Crippen LogP contribution < -0.4 is 9.70 Å². The van der Waals surface area contributed by atoms with E-state index in [0.29, 0.717) is 6.54 Å². The number of anilines is 2. The second kappa shape index (κ2) is 8.50. The third-order valence-corrected chi connectivity index (χ3v) is 6.26. The van der Waals surface area contributed by atoms with Crippen LogP contribution >= 0.6 is 20.7 Å². The number of hydrogen-bond donors (Lipinski definition) is 0. The molecule has 0 aliphatic carbocycles. The van der Waals surface area contributed by atoms with E-state index in [4.69, 9.17) is 4.42 Å². The molecular weight excluding hydrogens is 393 g/mol. The minimum absolute atomic E-state index is 0.250. The molecule has 0 bridgehead atoms. The van der Waals surface area contributed by atoms with Gasteiger partial charge < -0.3 is 9.32 Å². The zero-order valence-electron chi connectivity index (χ0n) is 15.2. The van der Waals surface area contributed by atoms with E-state index in [9.17, 15) is 4.39 Å². The van der Waals surface area contributed by atoms with Crippen LogP contribution in [0, 0.1) is 5.82 Å². The summed E-state index contributed by atoms with van der Waals surface area (Å²) in [4.78, 5) is 12.1. The van der Waals surface area contributed by atoms with Crippen molar-refractivity contribution in [1.29, 1.82) is 0 Å². The maximum atomic E-state index is 13.1. The van der Waals surface area contributed by atoms with Gasteiger partial charge in [0.25, 0.3) is 0 Å². The molecule has 0 aliphatic rings. The fraction of sp³-hybridized carbons (Fsp3) is 0.143. The molecule has 0 spiro atoms. The highest BCUT2D eigenvalue weighted by molar-refractivity contribution is 7.69. The predicted octanol–water partition coefficient (Wildman–Crippen LogP) is 5.86. The lowest BCUT2D eigenvalue weighted by Crippen LogP contribution is -2.16. The second-order valence-electron chi connectivity index (χ2n) is 6.05. The predicted molar refractivity (Wildman–Crippen MR) is 112 cm³/mol. The monoisotopic (exact) mass is 411 g/mol. The van der Waals surface area contributed by atoms with Crippen LogP contribution in [0.15, 0.2) is 76.3 Å². The molecule has 2 aromatic carbocycles. The van der Waals surface area contributed by atoms with Gasteiger partial charge in [0.2, 0.25) is 9.93 Å². The number of aromatic nitrogens is 1. The first-order valence-corrected chi connectivity index (χ1v) is 11.0. The zero-order chi connectivity index (χ0) is 19.3. The van der Waals surface area contributed by atoms with Crippen molar-refractivity contribution in [2.45, 2.75) is 13.5 Å². The first kappa shape index (κ1) is 18.6. The molecule has 0 aliphatic heterocycles. The molecule has 28 heavy (non-hydrogen) atoms. The van der Waals surface area contributed by atoms with Gasteiger partial charge in [0, 0.05) is 17.8 Å². The average Bonchev–Trinajstić information content (AvgIpc) is 3.38. The maximum Gasteiger partial charge on any atom is 0.217 e. The quantitative estimate of drug-likeness (QED) is 0.373. The number of hydrogen-bond acceptors (Lipinski definition) is 6. The van der Waals surface area contributed by atoms with Crippen molar-refractivity contribution in [3.05, 3.63) is 83.3 Å². The molecule has 0 saturated carbocycles. The molecule has 0 N–H and O–H groups in total. The van der Waals surface area contributed by atoms with Crippen molar-refractivity contribution >= 4 is 31.5 Å². The van der Waals surface area contributed by atoms with E-state index in [1.807, 2.05) is 24.3 Å². The van der Waals surface area contributed by atoms with Crippen molar-refractivity contribution in [3.8, 4) is 11.1 Å². The minimum atomic E-state index is -0.250. The van der Waals surface area contributed by atoms with Crippen molar-refractivity contribution < 1.29 is 8.81 Å². The van der Waals surface area contributed by atoms with Gasteiger partial charge in [-0.1, -0.05) is 30.3 Å². The first-order chi connectivity index (χ1) is 13.7. The summed E-state index contributed by atoms with van der Waals surface area (Å²) in [7, 11) is 3.16. The number of furan rings is 1. The van der Waals surface area contributed by atoms with Crippen molar-refractivity contribution in [2.24, 2.45) is 4.99 Å². The van der Waals surface area contributed by atoms with Gasteiger partial charge >= 0.3 is 0 Å². The third-order valence-electron chi connectivity index (χ3n) is 4.20. The summed E-state index contributed by atoms with van der Waals surface area (Å²) in [6.07, 6.45) is 1.67. The van der Waals surface area contributed by atoms with Gasteiger partial charge in [-0.25, -0.2) is 9.38 Å². The molecule has 142 valence electrons. The van der Waals surface area contributed by atoms with Gasteiger partial charge in [0.1, 0.15) is 18.1 Å². The average molecular weight is 412 g/mol. The van der Waals surface area contributed by atoms with Gasteiger partial charge in [-0.05, 0) is 63.5 Å². The highest BCUT2D eigenvalue weighted by Crippen LogP contribution is 2.27. The summed E-state index contributed by atoms with van der Waals surface area (Å²) >= 11 is 0. The lowest BCUT2D eigenvalue weighted by molar-refractivity contribution is 0.511. The minimum Gasteiger partial charge on any atom is -0.467 e. The Balaban J connectivity index is 1.49. The highest BCUT2D eigenvalue weighted by Gasteiger charge is 2.11. The summed E-state index contributed by atoms with van der Waals surface area (Å²) in [5.41, 5.74) is 2.94. The lowest BCUT2D eigenvalue weighted by atomic mass is 10.1. The zero-order valence-corrected chi connectivity index (χ0v) is 16.8. The molecule has 4 rings (SSSR count). The molecule has 7 heteroatoms. The van der Waals surface area contributed by atoms with E-state index < -0.39 is 0 Å². The number of rotatable bonds is 6. The van der Waals surface area contributed by atoms with Gasteiger partial charge in [-0.3, -0.25) is 0 Å². The summed E-state index contributed by atoms with van der Waals surface area (Å²) in [5, 5.41) is 0.934. The van der Waals surface area contributed by atoms with E-state index in [0.717, 1.165) is 39.1 Å². The van der Waals surface area contributed by atoms with Crippen molar-refractivity contribution in [1.82, 2.24) is 4.98 Å². The van der Waals surface area contributed by atoms with Crippen LogP contribution in [0.3, 0.4) is 0 Å². The van der Waals surface area contributed by atoms with E-state index in [-0.39, 0.29) is 5.82 Å². The number of benzene rings is 2. The Kier molecular flexibility index (Phi) is 5.64. The Morgan fingerprint density at radius 3 is 2.57 bits per heavy atom. The normalized spacial score (nSPS) is 11.7. The van der Waals surface area contributed by atoms with Crippen LogP contribution in [0.2, 0.25) is 0 Å². The molecule has 0 atom stereocenters. The molecule has 4 aromatic rings. The fourth-order valence-corrected chi connectivity index (χ4v) is 4.79. The molecule has 0 amide bonds. The first-order valence-electron chi connectivity index (χ1n) is 8.86. The molecule has 0 unspecified atom stereocenters. The van der Waals surface area contributed by atoms with E-state index in [1.54, 1.807) is 39.1 Å². The van der Waals surface area contributed by atoms with Crippen LogP contribution in [-0.4, -0.2) is 11.5 Å². The summed E-state index contributed by atoms with van der Waals surface area (Å²) in [6.45, 7) is 3.36. The summed E-state index contributed by atoms with van der Waals surface area (Å²) < 4.78 is 18.7. The van der Waals surface area contributed by atoms with Crippen molar-refractivity contribution in [3.63, 3.8) is 0 Å². The number of halogens is 1. The Morgan fingerprint density at radius 2 is 1.82 bits per heavy atom. The van der Waals surface area contributed by atoms with Crippen molar-refractivity contribution in [2.75, 3.05) is 11.4 Å². The molecule has 2 heterocycles. The van der Waals surface area contributed by atoms with E-state index in [1.165, 1.54) is 12.1 Å². The Labute approximate surface area is 169 Å². The van der Waals surface area contributed by atoms with Crippen LogP contribution in [-0.2, 0) is 6.54 Å².